The molecule has 1 aromatic rings. The van der Waals surface area contributed by atoms with E-state index < -0.39 is 10.9 Å². The molecule has 0 unspecified atom stereocenters. The van der Waals surface area contributed by atoms with E-state index in [9.17, 15) is 20.0 Å². The van der Waals surface area contributed by atoms with Gasteiger partial charge in [-0.05, 0) is 43.4 Å². The van der Waals surface area contributed by atoms with E-state index in [0.717, 1.165) is 12.8 Å². The fraction of sp³-hybridized carbons (Fsp3) is 0.438. The van der Waals surface area contributed by atoms with E-state index in [2.05, 4.69) is 10.1 Å². The molecule has 1 fully saturated rings. The number of rotatable bonds is 5. The summed E-state index contributed by atoms with van der Waals surface area (Å²) in [4.78, 5) is 21.9. The van der Waals surface area contributed by atoms with Crippen LogP contribution in [-0.4, -0.2) is 35.3 Å². The van der Waals surface area contributed by atoms with Crippen molar-refractivity contribution in [3.8, 4) is 0 Å². The highest BCUT2D eigenvalue weighted by molar-refractivity contribution is 5.87. The molecule has 124 valence electrons. The lowest BCUT2D eigenvalue weighted by Gasteiger charge is -2.26. The van der Waals surface area contributed by atoms with Crippen molar-refractivity contribution in [3.63, 3.8) is 0 Å². The van der Waals surface area contributed by atoms with Crippen molar-refractivity contribution in [1.82, 2.24) is 0 Å². The molecular weight excluding hydrogens is 300 g/mol. The molecule has 0 saturated heterocycles. The predicted octanol–water partition coefficient (Wildman–Crippen LogP) is 2.50. The summed E-state index contributed by atoms with van der Waals surface area (Å²) < 4.78 is 4.49. The number of carbonyl (C=O) groups is 1. The molecular formula is C16H20N2O5. The van der Waals surface area contributed by atoms with Gasteiger partial charge in [-0.25, -0.2) is 4.79 Å². The van der Waals surface area contributed by atoms with E-state index in [1.807, 2.05) is 0 Å². The van der Waals surface area contributed by atoms with Crippen molar-refractivity contribution in [1.29, 1.82) is 0 Å². The van der Waals surface area contributed by atoms with Crippen LogP contribution in [-0.2, 0) is 9.53 Å². The zero-order chi connectivity index (χ0) is 16.8. The Balaban J connectivity index is 2.15. The number of carbonyl (C=O) groups excluding carboxylic acids is 1. The van der Waals surface area contributed by atoms with Gasteiger partial charge in [-0.1, -0.05) is 6.07 Å². The fourth-order valence-corrected chi connectivity index (χ4v) is 2.60. The van der Waals surface area contributed by atoms with E-state index in [0.29, 0.717) is 24.1 Å². The number of nitrogens with zero attached hydrogens (tertiary/aromatic N) is 1. The zero-order valence-electron chi connectivity index (χ0n) is 12.9. The van der Waals surface area contributed by atoms with Crippen molar-refractivity contribution >= 4 is 23.4 Å². The highest BCUT2D eigenvalue weighted by Gasteiger charge is 2.22. The van der Waals surface area contributed by atoms with E-state index >= 15 is 0 Å². The third-order valence-corrected chi connectivity index (χ3v) is 3.89. The standard InChI is InChI=1S/C16H20N2O5/c1-23-16(20)9-3-11-2-8-14(15(10-11)18(21)22)17-12-4-6-13(19)7-5-12/h2-3,8-10,12-13,17,19H,4-7H2,1H3/b9-3+. The molecule has 7 heteroatoms. The van der Waals surface area contributed by atoms with E-state index in [-0.39, 0.29) is 17.8 Å². The number of anilines is 1. The Bertz CT molecular complexity index is 606. The number of esters is 1. The summed E-state index contributed by atoms with van der Waals surface area (Å²) in [5, 5.41) is 24.0. The maximum absolute atomic E-state index is 11.3. The van der Waals surface area contributed by atoms with Gasteiger partial charge in [0.2, 0.25) is 0 Å². The van der Waals surface area contributed by atoms with Gasteiger partial charge in [0.25, 0.3) is 5.69 Å². The minimum absolute atomic E-state index is 0.0388. The Morgan fingerprint density at radius 1 is 1.39 bits per heavy atom. The molecule has 2 rings (SSSR count). The number of nitrogens with one attached hydrogen (secondary N) is 1. The topological polar surface area (TPSA) is 102 Å². The second-order valence-corrected chi connectivity index (χ2v) is 5.54. The molecule has 1 aromatic carbocycles. The Morgan fingerprint density at radius 3 is 2.70 bits per heavy atom. The molecule has 2 N–H and O–H groups in total. The van der Waals surface area contributed by atoms with Crippen LogP contribution in [0.5, 0.6) is 0 Å². The van der Waals surface area contributed by atoms with Gasteiger partial charge in [0, 0.05) is 18.2 Å². The molecule has 0 radical (unpaired) electrons. The Kier molecular flexibility index (Phi) is 5.70. The monoisotopic (exact) mass is 320 g/mol. The summed E-state index contributed by atoms with van der Waals surface area (Å²) in [6.45, 7) is 0. The maximum Gasteiger partial charge on any atom is 0.330 e. The second-order valence-electron chi connectivity index (χ2n) is 5.54. The molecule has 1 saturated carbocycles. The second kappa shape index (κ2) is 7.73. The molecule has 0 aromatic heterocycles. The largest absolute Gasteiger partial charge is 0.466 e. The summed E-state index contributed by atoms with van der Waals surface area (Å²) in [5.74, 6) is -0.518. The SMILES string of the molecule is COC(=O)/C=C/c1ccc(NC2CCC(O)CC2)c([N+](=O)[O-])c1. The average molecular weight is 320 g/mol. The Morgan fingerprint density at radius 2 is 2.09 bits per heavy atom. The van der Waals surface area contributed by atoms with Gasteiger partial charge >= 0.3 is 5.97 Å². The fourth-order valence-electron chi connectivity index (χ4n) is 2.60. The Hall–Kier alpha value is -2.41. The quantitative estimate of drug-likeness (QED) is 0.374. The van der Waals surface area contributed by atoms with Crippen LogP contribution < -0.4 is 5.32 Å². The lowest BCUT2D eigenvalue weighted by molar-refractivity contribution is -0.384. The van der Waals surface area contributed by atoms with Crippen molar-refractivity contribution in [3.05, 3.63) is 40.0 Å². The minimum atomic E-state index is -0.518. The van der Waals surface area contributed by atoms with Crippen LogP contribution in [0.4, 0.5) is 11.4 Å². The molecule has 0 spiro atoms. The summed E-state index contributed by atoms with van der Waals surface area (Å²) in [6.07, 6.45) is 5.38. The first-order valence-electron chi connectivity index (χ1n) is 7.48. The first-order chi connectivity index (χ1) is 11.0. The van der Waals surface area contributed by atoms with Crippen LogP contribution in [0, 0.1) is 10.1 Å². The smallest absolute Gasteiger partial charge is 0.330 e. The molecule has 0 atom stereocenters. The van der Waals surface area contributed by atoms with Crippen molar-refractivity contribution < 1.29 is 19.6 Å². The highest BCUT2D eigenvalue weighted by atomic mass is 16.6. The molecule has 0 amide bonds. The van der Waals surface area contributed by atoms with Gasteiger partial charge in [0.05, 0.1) is 18.1 Å². The van der Waals surface area contributed by atoms with Crippen molar-refractivity contribution in [2.75, 3.05) is 12.4 Å². The van der Waals surface area contributed by atoms with Crippen LogP contribution >= 0.6 is 0 Å². The van der Waals surface area contributed by atoms with Crippen LogP contribution in [0.15, 0.2) is 24.3 Å². The van der Waals surface area contributed by atoms with E-state index in [4.69, 9.17) is 0 Å². The van der Waals surface area contributed by atoms with E-state index in [1.54, 1.807) is 12.1 Å². The average Bonchev–Trinajstić information content (AvgIpc) is 2.55. The van der Waals surface area contributed by atoms with Gasteiger partial charge in [0.1, 0.15) is 5.69 Å². The van der Waals surface area contributed by atoms with Gasteiger partial charge in [-0.15, -0.1) is 0 Å². The first-order valence-corrected chi connectivity index (χ1v) is 7.48. The number of aliphatic hydroxyl groups is 1. The van der Waals surface area contributed by atoms with Gasteiger partial charge < -0.3 is 15.2 Å². The molecule has 0 heterocycles. The lowest BCUT2D eigenvalue weighted by Crippen LogP contribution is -2.28. The normalized spacial score (nSPS) is 21.1. The molecule has 0 aliphatic heterocycles. The summed E-state index contributed by atoms with van der Waals surface area (Å²) in [7, 11) is 1.27. The van der Waals surface area contributed by atoms with E-state index in [1.165, 1.54) is 25.3 Å². The number of benzene rings is 1. The van der Waals surface area contributed by atoms with Crippen LogP contribution in [0.2, 0.25) is 0 Å². The number of nitro groups is 1. The van der Waals surface area contributed by atoms with Gasteiger partial charge in [-0.3, -0.25) is 10.1 Å². The highest BCUT2D eigenvalue weighted by Crippen LogP contribution is 2.29. The number of hydrogen-bond acceptors (Lipinski definition) is 6. The zero-order valence-corrected chi connectivity index (χ0v) is 12.9. The van der Waals surface area contributed by atoms with Crippen LogP contribution in [0.25, 0.3) is 6.08 Å². The third-order valence-electron chi connectivity index (χ3n) is 3.89. The summed E-state index contributed by atoms with van der Waals surface area (Å²) in [5.41, 5.74) is 0.960. The number of aliphatic hydroxyl groups excluding tert-OH is 1. The summed E-state index contributed by atoms with van der Waals surface area (Å²) >= 11 is 0. The van der Waals surface area contributed by atoms with Gasteiger partial charge in [0.15, 0.2) is 0 Å². The number of methoxy groups -OCH3 is 1. The predicted molar refractivity (Wildman–Crippen MR) is 86.0 cm³/mol. The maximum atomic E-state index is 11.3. The molecule has 1 aliphatic carbocycles. The number of nitro benzene ring substituents is 1. The summed E-state index contributed by atoms with van der Waals surface area (Å²) in [6, 6.07) is 4.88. The van der Waals surface area contributed by atoms with Crippen LogP contribution in [0.1, 0.15) is 31.2 Å². The van der Waals surface area contributed by atoms with Crippen molar-refractivity contribution in [2.45, 2.75) is 37.8 Å². The number of hydrogen-bond donors (Lipinski definition) is 2. The lowest BCUT2D eigenvalue weighted by atomic mass is 9.93. The molecule has 23 heavy (non-hydrogen) atoms. The molecule has 1 aliphatic rings. The first kappa shape index (κ1) is 17.0. The minimum Gasteiger partial charge on any atom is -0.466 e. The molecule has 7 nitrogen and oxygen atoms in total. The number of ether oxygens (including phenoxy) is 1. The van der Waals surface area contributed by atoms with Crippen LogP contribution in [0.3, 0.4) is 0 Å². The third kappa shape index (κ3) is 4.79. The van der Waals surface area contributed by atoms with Crippen molar-refractivity contribution in [2.24, 2.45) is 0 Å². The molecule has 0 bridgehead atoms. The van der Waals surface area contributed by atoms with Gasteiger partial charge in [-0.2, -0.15) is 0 Å². The Labute approximate surface area is 134 Å².